The van der Waals surface area contributed by atoms with E-state index in [4.69, 9.17) is 4.74 Å². The summed E-state index contributed by atoms with van der Waals surface area (Å²) >= 11 is 0. The van der Waals surface area contributed by atoms with E-state index in [0.717, 1.165) is 11.1 Å². The van der Waals surface area contributed by atoms with Gasteiger partial charge >= 0.3 is 6.09 Å². The average Bonchev–Trinajstić information content (AvgIpc) is 3.37. The summed E-state index contributed by atoms with van der Waals surface area (Å²) in [6, 6.07) is 10.3. The molecule has 1 N–H and O–H groups in total. The quantitative estimate of drug-likeness (QED) is 0.474. The van der Waals surface area contributed by atoms with Gasteiger partial charge in [0.25, 0.3) is 0 Å². The van der Waals surface area contributed by atoms with Crippen LogP contribution in [0.25, 0.3) is 16.6 Å². The van der Waals surface area contributed by atoms with E-state index >= 15 is 0 Å². The number of fused-ring (bicyclic) bond motifs is 1. The Hall–Kier alpha value is -4.45. The van der Waals surface area contributed by atoms with Crippen molar-refractivity contribution in [3.63, 3.8) is 0 Å². The van der Waals surface area contributed by atoms with E-state index in [-0.39, 0.29) is 5.78 Å². The maximum atomic E-state index is 13.5. The lowest BCUT2D eigenvalue weighted by molar-refractivity contribution is 0.0636. The van der Waals surface area contributed by atoms with Crippen LogP contribution in [0.4, 0.5) is 10.5 Å². The number of aryl methyl sites for hydroxylation is 1. The molecular formula is C24H22N6O3. The van der Waals surface area contributed by atoms with Gasteiger partial charge in [-0.2, -0.15) is 15.5 Å². The van der Waals surface area contributed by atoms with Crippen molar-refractivity contribution in [2.45, 2.75) is 26.4 Å². The molecule has 0 atom stereocenters. The summed E-state index contributed by atoms with van der Waals surface area (Å²) in [6.07, 6.45) is 6.15. The second kappa shape index (κ2) is 8.24. The number of anilines is 1. The van der Waals surface area contributed by atoms with Crippen molar-refractivity contribution in [3.05, 3.63) is 71.8 Å². The molecule has 0 aliphatic rings. The van der Waals surface area contributed by atoms with E-state index in [2.05, 4.69) is 21.6 Å². The lowest BCUT2D eigenvalue weighted by Gasteiger charge is -2.19. The zero-order valence-electron chi connectivity index (χ0n) is 18.7. The monoisotopic (exact) mass is 442 g/mol. The van der Waals surface area contributed by atoms with E-state index in [1.165, 1.54) is 10.7 Å². The van der Waals surface area contributed by atoms with Crippen LogP contribution < -0.4 is 5.32 Å². The van der Waals surface area contributed by atoms with Gasteiger partial charge in [-0.25, -0.2) is 9.31 Å². The summed E-state index contributed by atoms with van der Waals surface area (Å²) in [6.45, 7) is 5.34. The number of aromatic nitrogens is 4. The van der Waals surface area contributed by atoms with Crippen LogP contribution in [0.1, 0.15) is 42.3 Å². The topological polar surface area (TPSA) is 114 Å². The standard InChI is InChI=1S/C24H22N6O3/c1-24(2,3)33-23(32)28-19-7-5-15(6-8-19)22(31)20-9-16(18-12-26-29(4)13-18)14-30-21(20)17(10-25)11-27-30/h5-9,11-14H,1-4H3,(H,28,32). The van der Waals surface area contributed by atoms with Gasteiger partial charge in [-0.1, -0.05) is 0 Å². The smallest absolute Gasteiger partial charge is 0.412 e. The van der Waals surface area contributed by atoms with Crippen LogP contribution in [0.5, 0.6) is 0 Å². The first-order chi connectivity index (χ1) is 15.6. The molecule has 33 heavy (non-hydrogen) atoms. The number of pyridine rings is 1. The molecule has 9 nitrogen and oxygen atoms in total. The van der Waals surface area contributed by atoms with Crippen molar-refractivity contribution in [2.24, 2.45) is 7.05 Å². The number of nitrogens with one attached hydrogen (secondary N) is 1. The van der Waals surface area contributed by atoms with Gasteiger partial charge in [-0.05, 0) is 51.1 Å². The van der Waals surface area contributed by atoms with Crippen LogP contribution in [-0.4, -0.2) is 36.9 Å². The average molecular weight is 442 g/mol. The first-order valence-corrected chi connectivity index (χ1v) is 10.2. The van der Waals surface area contributed by atoms with Crippen molar-refractivity contribution in [1.29, 1.82) is 5.26 Å². The number of carbonyl (C=O) groups excluding carboxylic acids is 2. The van der Waals surface area contributed by atoms with E-state index in [9.17, 15) is 14.9 Å². The molecule has 0 fully saturated rings. The fourth-order valence-corrected chi connectivity index (χ4v) is 3.39. The van der Waals surface area contributed by atoms with Crippen molar-refractivity contribution in [1.82, 2.24) is 19.4 Å². The van der Waals surface area contributed by atoms with Crippen LogP contribution in [0.2, 0.25) is 0 Å². The maximum absolute atomic E-state index is 13.5. The number of nitriles is 1. The Morgan fingerprint density at radius 3 is 2.39 bits per heavy atom. The Morgan fingerprint density at radius 1 is 1.06 bits per heavy atom. The number of nitrogens with zero attached hydrogens (tertiary/aromatic N) is 5. The largest absolute Gasteiger partial charge is 0.444 e. The molecule has 166 valence electrons. The zero-order valence-corrected chi connectivity index (χ0v) is 18.7. The van der Waals surface area contributed by atoms with Crippen LogP contribution in [0.3, 0.4) is 0 Å². The Kier molecular flexibility index (Phi) is 5.44. The molecule has 0 aliphatic heterocycles. The molecule has 1 amide bonds. The Bertz CT molecular complexity index is 1400. The van der Waals surface area contributed by atoms with E-state index in [1.54, 1.807) is 68.2 Å². The van der Waals surface area contributed by atoms with Gasteiger partial charge in [-0.15, -0.1) is 0 Å². The number of amides is 1. The summed E-state index contributed by atoms with van der Waals surface area (Å²) in [5.41, 5.74) is 2.93. The number of benzene rings is 1. The van der Waals surface area contributed by atoms with Crippen molar-refractivity contribution in [2.75, 3.05) is 5.32 Å². The molecule has 0 radical (unpaired) electrons. The van der Waals surface area contributed by atoms with E-state index in [0.29, 0.717) is 27.9 Å². The second-order valence-corrected chi connectivity index (χ2v) is 8.54. The highest BCUT2D eigenvalue weighted by molar-refractivity contribution is 6.14. The van der Waals surface area contributed by atoms with Gasteiger partial charge in [0.15, 0.2) is 5.78 Å². The molecule has 0 saturated carbocycles. The van der Waals surface area contributed by atoms with E-state index < -0.39 is 11.7 Å². The molecule has 0 bridgehead atoms. The first-order valence-electron chi connectivity index (χ1n) is 10.2. The fraction of sp³-hybridized carbons (Fsp3) is 0.208. The third-order valence-corrected chi connectivity index (χ3v) is 4.81. The minimum Gasteiger partial charge on any atom is -0.444 e. The molecule has 1 aromatic carbocycles. The normalized spacial score (nSPS) is 11.2. The summed E-state index contributed by atoms with van der Waals surface area (Å²) < 4.78 is 8.45. The molecule has 0 spiro atoms. The molecule has 3 heterocycles. The Balaban J connectivity index is 1.69. The highest BCUT2D eigenvalue weighted by Gasteiger charge is 2.20. The number of hydrogen-bond donors (Lipinski definition) is 1. The van der Waals surface area contributed by atoms with Crippen LogP contribution in [0, 0.1) is 11.3 Å². The summed E-state index contributed by atoms with van der Waals surface area (Å²) in [5, 5.41) is 20.6. The van der Waals surface area contributed by atoms with Crippen molar-refractivity contribution in [3.8, 4) is 17.2 Å². The predicted molar refractivity (Wildman–Crippen MR) is 122 cm³/mol. The SMILES string of the molecule is Cn1cc(-c2cc(C(=O)c3ccc(NC(=O)OC(C)(C)C)cc3)c3c(C#N)cnn3c2)cn1. The number of rotatable bonds is 4. The summed E-state index contributed by atoms with van der Waals surface area (Å²) in [5.74, 6) is -0.272. The van der Waals surface area contributed by atoms with Crippen molar-refractivity contribution < 1.29 is 14.3 Å². The molecular weight excluding hydrogens is 420 g/mol. The molecule has 4 aromatic rings. The van der Waals surface area contributed by atoms with Crippen molar-refractivity contribution >= 4 is 23.1 Å². The number of carbonyl (C=O) groups is 2. The van der Waals surface area contributed by atoms with Crippen LogP contribution >= 0.6 is 0 Å². The maximum Gasteiger partial charge on any atom is 0.412 e. The molecule has 0 aliphatic carbocycles. The lowest BCUT2D eigenvalue weighted by atomic mass is 9.98. The van der Waals surface area contributed by atoms with Crippen LogP contribution in [0.15, 0.2) is 55.1 Å². The highest BCUT2D eigenvalue weighted by Crippen LogP contribution is 2.27. The van der Waals surface area contributed by atoms with Gasteiger partial charge < -0.3 is 4.74 Å². The van der Waals surface area contributed by atoms with Gasteiger partial charge in [0.05, 0.1) is 29.0 Å². The minimum absolute atomic E-state index is 0.272. The molecule has 0 saturated heterocycles. The van der Waals surface area contributed by atoms with Gasteiger partial charge in [0, 0.05) is 41.8 Å². The number of ether oxygens (including phenoxy) is 1. The van der Waals surface area contributed by atoms with E-state index in [1.807, 2.05) is 13.2 Å². The third-order valence-electron chi connectivity index (χ3n) is 4.81. The highest BCUT2D eigenvalue weighted by atomic mass is 16.6. The second-order valence-electron chi connectivity index (χ2n) is 8.54. The molecule has 9 heteroatoms. The first kappa shape index (κ1) is 21.8. The Morgan fingerprint density at radius 2 is 1.79 bits per heavy atom. The third kappa shape index (κ3) is 4.60. The number of hydrogen-bond acceptors (Lipinski definition) is 6. The Labute approximate surface area is 190 Å². The minimum atomic E-state index is -0.617. The van der Waals surface area contributed by atoms with Gasteiger partial charge in [-0.3, -0.25) is 14.8 Å². The summed E-state index contributed by atoms with van der Waals surface area (Å²) in [4.78, 5) is 25.4. The zero-order chi connectivity index (χ0) is 23.8. The fourth-order valence-electron chi connectivity index (χ4n) is 3.39. The van der Waals surface area contributed by atoms with Gasteiger partial charge in [0.1, 0.15) is 11.7 Å². The molecule has 3 aromatic heterocycles. The summed E-state index contributed by atoms with van der Waals surface area (Å²) in [7, 11) is 1.81. The lowest BCUT2D eigenvalue weighted by Crippen LogP contribution is -2.27. The predicted octanol–water partition coefficient (Wildman–Crippen LogP) is 4.18. The molecule has 0 unspecified atom stereocenters. The number of ketones is 1. The van der Waals surface area contributed by atoms with Gasteiger partial charge in [0.2, 0.25) is 0 Å². The van der Waals surface area contributed by atoms with Crippen LogP contribution in [-0.2, 0) is 11.8 Å². The molecule has 4 rings (SSSR count).